The van der Waals surface area contributed by atoms with Crippen LogP contribution in [0.4, 0.5) is 13.2 Å². The summed E-state index contributed by atoms with van der Waals surface area (Å²) in [5.41, 5.74) is -0.597. The molecule has 1 N–H and O–H groups in total. The van der Waals surface area contributed by atoms with Crippen LogP contribution >= 0.6 is 0 Å². The Morgan fingerprint density at radius 2 is 1.71 bits per heavy atom. The van der Waals surface area contributed by atoms with Crippen molar-refractivity contribution in [3.8, 4) is 11.5 Å². The maximum absolute atomic E-state index is 13.2. The molecule has 0 aliphatic carbocycles. The highest BCUT2D eigenvalue weighted by Crippen LogP contribution is 2.35. The highest BCUT2D eigenvalue weighted by atomic mass is 19.4. The molecule has 1 amide bonds. The first-order valence-corrected chi connectivity index (χ1v) is 9.14. The highest BCUT2D eigenvalue weighted by Gasteiger charge is 2.35. The van der Waals surface area contributed by atoms with Gasteiger partial charge in [0, 0.05) is 6.42 Å². The summed E-state index contributed by atoms with van der Waals surface area (Å²) in [6.07, 6.45) is -3.83. The summed E-state index contributed by atoms with van der Waals surface area (Å²) in [4.78, 5) is 12.7. The zero-order chi connectivity index (χ0) is 20.3. The van der Waals surface area contributed by atoms with Crippen LogP contribution in [-0.2, 0) is 6.18 Å². The molecule has 1 heterocycles. The summed E-state index contributed by atoms with van der Waals surface area (Å²) < 4.78 is 51.0. The second kappa shape index (κ2) is 8.12. The molecule has 3 rings (SSSR count). The van der Waals surface area contributed by atoms with Crippen molar-refractivity contribution >= 4 is 5.91 Å². The Kier molecular flexibility index (Phi) is 5.82. The van der Waals surface area contributed by atoms with Crippen molar-refractivity contribution in [1.82, 2.24) is 5.32 Å². The Morgan fingerprint density at radius 1 is 1.04 bits per heavy atom. The van der Waals surface area contributed by atoms with E-state index in [1.807, 2.05) is 13.8 Å². The van der Waals surface area contributed by atoms with Gasteiger partial charge in [0.1, 0.15) is 0 Å². The van der Waals surface area contributed by atoms with Gasteiger partial charge in [0.2, 0.25) is 0 Å². The number of hydrogen-bond acceptors (Lipinski definition) is 3. The zero-order valence-corrected chi connectivity index (χ0v) is 15.7. The quantitative estimate of drug-likeness (QED) is 0.796. The van der Waals surface area contributed by atoms with Crippen molar-refractivity contribution in [3.05, 3.63) is 59.2 Å². The van der Waals surface area contributed by atoms with Crippen molar-refractivity contribution < 1.29 is 27.4 Å². The molecule has 4 nitrogen and oxygen atoms in total. The number of halogens is 3. The summed E-state index contributed by atoms with van der Waals surface area (Å²) in [5.74, 6) is 0.383. The fraction of sp³-hybridized carbons (Fsp3) is 0.381. The van der Waals surface area contributed by atoms with Crippen LogP contribution in [-0.4, -0.2) is 19.1 Å². The van der Waals surface area contributed by atoms with Crippen molar-refractivity contribution in [2.45, 2.75) is 32.5 Å². The molecule has 0 unspecified atom stereocenters. The fourth-order valence-electron chi connectivity index (χ4n) is 3.16. The number of ether oxygens (including phenoxy) is 2. The maximum atomic E-state index is 13.2. The number of carbonyl (C=O) groups is 1. The minimum absolute atomic E-state index is 0.0493. The number of carbonyl (C=O) groups excluding carboxylic acids is 1. The molecule has 0 saturated heterocycles. The van der Waals surface area contributed by atoms with Crippen molar-refractivity contribution in [1.29, 1.82) is 0 Å². The van der Waals surface area contributed by atoms with Gasteiger partial charge >= 0.3 is 6.18 Å². The normalized spacial score (nSPS) is 15.1. The second-order valence-electron chi connectivity index (χ2n) is 7.00. The van der Waals surface area contributed by atoms with E-state index in [4.69, 9.17) is 9.47 Å². The first-order valence-electron chi connectivity index (χ1n) is 9.14. The molecule has 1 aliphatic heterocycles. The van der Waals surface area contributed by atoms with Gasteiger partial charge in [-0.25, -0.2) is 0 Å². The number of fused-ring (bicyclic) bond motifs is 1. The minimum Gasteiger partial charge on any atom is -0.490 e. The Morgan fingerprint density at radius 3 is 2.39 bits per heavy atom. The molecule has 1 aliphatic rings. The van der Waals surface area contributed by atoms with Crippen LogP contribution in [0.25, 0.3) is 0 Å². The monoisotopic (exact) mass is 393 g/mol. The van der Waals surface area contributed by atoms with Gasteiger partial charge in [-0.1, -0.05) is 32.0 Å². The van der Waals surface area contributed by atoms with Crippen LogP contribution in [0.1, 0.15) is 47.8 Å². The molecule has 28 heavy (non-hydrogen) atoms. The van der Waals surface area contributed by atoms with Gasteiger partial charge in [-0.15, -0.1) is 0 Å². The summed E-state index contributed by atoms with van der Waals surface area (Å²) in [6, 6.07) is 9.64. The predicted octanol–water partition coefficient (Wildman–Crippen LogP) is 4.99. The van der Waals surface area contributed by atoms with Crippen LogP contribution in [0.5, 0.6) is 11.5 Å². The summed E-state index contributed by atoms with van der Waals surface area (Å²) in [5, 5.41) is 2.75. The van der Waals surface area contributed by atoms with E-state index < -0.39 is 29.3 Å². The summed E-state index contributed by atoms with van der Waals surface area (Å²) >= 11 is 0. The topological polar surface area (TPSA) is 47.6 Å². The largest absolute Gasteiger partial charge is 0.490 e. The summed E-state index contributed by atoms with van der Waals surface area (Å²) in [7, 11) is 0. The molecule has 2 aromatic rings. The number of nitrogens with one attached hydrogen (secondary N) is 1. The van der Waals surface area contributed by atoms with E-state index in [9.17, 15) is 18.0 Å². The third-order valence-electron chi connectivity index (χ3n) is 4.56. The molecule has 0 spiro atoms. The Hall–Kier alpha value is -2.70. The minimum atomic E-state index is -4.60. The molecule has 150 valence electrons. The lowest BCUT2D eigenvalue weighted by Crippen LogP contribution is -2.33. The molecule has 0 fully saturated rings. The number of alkyl halides is 3. The van der Waals surface area contributed by atoms with Crippen LogP contribution in [0.15, 0.2) is 42.5 Å². The lowest BCUT2D eigenvalue weighted by molar-refractivity contribution is -0.137. The average molecular weight is 393 g/mol. The van der Waals surface area contributed by atoms with E-state index in [1.165, 1.54) is 18.2 Å². The van der Waals surface area contributed by atoms with E-state index in [1.54, 1.807) is 18.2 Å². The number of benzene rings is 2. The van der Waals surface area contributed by atoms with Gasteiger partial charge in [0.15, 0.2) is 11.5 Å². The lowest BCUT2D eigenvalue weighted by Gasteiger charge is -2.24. The zero-order valence-electron chi connectivity index (χ0n) is 15.7. The van der Waals surface area contributed by atoms with Crippen LogP contribution < -0.4 is 14.8 Å². The lowest BCUT2D eigenvalue weighted by atomic mass is 9.94. The molecule has 2 aromatic carbocycles. The van der Waals surface area contributed by atoms with Gasteiger partial charge < -0.3 is 14.8 Å². The van der Waals surface area contributed by atoms with Crippen molar-refractivity contribution in [2.24, 2.45) is 5.92 Å². The van der Waals surface area contributed by atoms with Gasteiger partial charge in [0.25, 0.3) is 5.91 Å². The van der Waals surface area contributed by atoms with Gasteiger partial charge in [0.05, 0.1) is 30.4 Å². The average Bonchev–Trinajstić information content (AvgIpc) is 2.89. The molecule has 1 atom stereocenters. The van der Waals surface area contributed by atoms with E-state index in [2.05, 4.69) is 5.32 Å². The van der Waals surface area contributed by atoms with E-state index >= 15 is 0 Å². The number of rotatable bonds is 4. The Bertz CT molecular complexity index is 849. The smallest absolute Gasteiger partial charge is 0.417 e. The van der Waals surface area contributed by atoms with Gasteiger partial charge in [-0.05, 0) is 35.7 Å². The maximum Gasteiger partial charge on any atom is 0.417 e. The van der Waals surface area contributed by atoms with E-state index in [-0.39, 0.29) is 5.92 Å². The predicted molar refractivity (Wildman–Crippen MR) is 98.5 cm³/mol. The van der Waals surface area contributed by atoms with Gasteiger partial charge in [-0.3, -0.25) is 4.79 Å². The fourth-order valence-corrected chi connectivity index (χ4v) is 3.16. The molecule has 0 radical (unpaired) electrons. The van der Waals surface area contributed by atoms with Crippen LogP contribution in [0.2, 0.25) is 0 Å². The molecule has 7 heteroatoms. The SMILES string of the molecule is CC(C)[C@H](NC(=O)c1ccccc1C(F)(F)F)c1ccc2c(c1)OCCCO2. The first-order chi connectivity index (χ1) is 13.3. The highest BCUT2D eigenvalue weighted by molar-refractivity contribution is 5.96. The first kappa shape index (κ1) is 20.0. The van der Waals surface area contributed by atoms with Crippen molar-refractivity contribution in [3.63, 3.8) is 0 Å². The summed E-state index contributed by atoms with van der Waals surface area (Å²) in [6.45, 7) is 4.87. The Labute approximate surface area is 161 Å². The number of amides is 1. The molecule has 0 aromatic heterocycles. The number of hydrogen-bond donors (Lipinski definition) is 1. The third-order valence-corrected chi connectivity index (χ3v) is 4.56. The van der Waals surface area contributed by atoms with E-state index in [0.29, 0.717) is 24.7 Å². The Balaban J connectivity index is 1.89. The van der Waals surface area contributed by atoms with Crippen LogP contribution in [0.3, 0.4) is 0 Å². The molecule has 0 bridgehead atoms. The van der Waals surface area contributed by atoms with Gasteiger partial charge in [-0.2, -0.15) is 13.2 Å². The molecule has 0 saturated carbocycles. The van der Waals surface area contributed by atoms with E-state index in [0.717, 1.165) is 18.1 Å². The van der Waals surface area contributed by atoms with Crippen molar-refractivity contribution in [2.75, 3.05) is 13.2 Å². The third kappa shape index (κ3) is 4.40. The molecular formula is C21H22F3NO3. The standard InChI is InChI=1S/C21H22F3NO3/c1-13(2)19(14-8-9-17-18(12-14)28-11-5-10-27-17)25-20(26)15-6-3-4-7-16(15)21(22,23)24/h3-4,6-9,12-13,19H,5,10-11H2,1-2H3,(H,25,26)/t19-/m0/s1. The molecular weight excluding hydrogens is 371 g/mol. The van der Waals surface area contributed by atoms with Crippen LogP contribution in [0, 0.1) is 5.92 Å². The second-order valence-corrected chi connectivity index (χ2v) is 7.00.